The van der Waals surface area contributed by atoms with Gasteiger partial charge >= 0.3 is 0 Å². The van der Waals surface area contributed by atoms with Crippen LogP contribution in [0, 0.1) is 0 Å². The third-order valence-electron chi connectivity index (χ3n) is 4.44. The molecular formula is C21H15N2+. The summed E-state index contributed by atoms with van der Waals surface area (Å²) in [5, 5.41) is 2.49. The van der Waals surface area contributed by atoms with Crippen molar-refractivity contribution < 1.29 is 4.40 Å². The number of rotatable bonds is 1. The number of nitrogens with one attached hydrogen (secondary N) is 1. The van der Waals surface area contributed by atoms with Crippen molar-refractivity contribution >= 4 is 27.5 Å². The van der Waals surface area contributed by atoms with Gasteiger partial charge in [-0.2, -0.15) is 4.40 Å². The Morgan fingerprint density at radius 3 is 2.35 bits per heavy atom. The van der Waals surface area contributed by atoms with E-state index in [0.29, 0.717) is 0 Å². The lowest BCUT2D eigenvalue weighted by Crippen LogP contribution is -2.23. The second kappa shape index (κ2) is 4.68. The highest BCUT2D eigenvalue weighted by Gasteiger charge is 2.19. The molecule has 2 heterocycles. The molecule has 23 heavy (non-hydrogen) atoms. The molecule has 2 heteroatoms. The first-order chi connectivity index (χ1) is 11.4. The van der Waals surface area contributed by atoms with E-state index in [0.717, 1.165) is 11.2 Å². The molecule has 0 saturated carbocycles. The van der Waals surface area contributed by atoms with Gasteiger partial charge < -0.3 is 0 Å². The Bertz CT molecular complexity index is 1150. The summed E-state index contributed by atoms with van der Waals surface area (Å²) < 4.78 is 2.33. The van der Waals surface area contributed by atoms with Crippen LogP contribution >= 0.6 is 0 Å². The zero-order chi connectivity index (χ0) is 15.2. The van der Waals surface area contributed by atoms with Gasteiger partial charge in [0.2, 0.25) is 0 Å². The first-order valence-electron chi connectivity index (χ1n) is 7.81. The summed E-state index contributed by atoms with van der Waals surface area (Å²) in [5.41, 5.74) is 5.92. The molecule has 0 amide bonds. The highest BCUT2D eigenvalue weighted by Crippen LogP contribution is 2.26. The number of para-hydroxylation sites is 2. The lowest BCUT2D eigenvalue weighted by molar-refractivity contribution is -0.467. The van der Waals surface area contributed by atoms with Crippen LogP contribution in [-0.4, -0.2) is 4.98 Å². The van der Waals surface area contributed by atoms with Crippen molar-refractivity contribution in [2.75, 3.05) is 0 Å². The monoisotopic (exact) mass is 295 g/mol. The summed E-state index contributed by atoms with van der Waals surface area (Å²) in [5.74, 6) is 0. The van der Waals surface area contributed by atoms with E-state index in [1.807, 2.05) is 0 Å². The maximum absolute atomic E-state index is 3.59. The van der Waals surface area contributed by atoms with Gasteiger partial charge in [0.15, 0.2) is 11.0 Å². The lowest BCUT2D eigenvalue weighted by Gasteiger charge is -2.04. The van der Waals surface area contributed by atoms with Crippen molar-refractivity contribution in [1.29, 1.82) is 0 Å². The van der Waals surface area contributed by atoms with Crippen LogP contribution in [0.3, 0.4) is 0 Å². The minimum Gasteiger partial charge on any atom is -0.236 e. The molecular weight excluding hydrogens is 280 g/mol. The molecule has 0 aliphatic heterocycles. The molecule has 108 valence electrons. The summed E-state index contributed by atoms with van der Waals surface area (Å²) in [6.45, 7) is 0. The molecule has 5 rings (SSSR count). The van der Waals surface area contributed by atoms with Gasteiger partial charge in [-0.05, 0) is 29.7 Å². The van der Waals surface area contributed by atoms with Gasteiger partial charge in [-0.3, -0.25) is 0 Å². The molecule has 0 aliphatic rings. The number of benzene rings is 3. The predicted molar refractivity (Wildman–Crippen MR) is 94.4 cm³/mol. The second-order valence-electron chi connectivity index (χ2n) is 5.81. The first kappa shape index (κ1) is 12.4. The van der Waals surface area contributed by atoms with Gasteiger partial charge in [0.1, 0.15) is 5.69 Å². The number of fused-ring (bicyclic) bond motifs is 5. The highest BCUT2D eigenvalue weighted by molar-refractivity contribution is 5.96. The van der Waals surface area contributed by atoms with Crippen molar-refractivity contribution in [2.45, 2.75) is 0 Å². The average Bonchev–Trinajstić information content (AvgIpc) is 3.02. The maximum Gasteiger partial charge on any atom is 0.293 e. The van der Waals surface area contributed by atoms with E-state index >= 15 is 0 Å². The van der Waals surface area contributed by atoms with Crippen LogP contribution in [0.2, 0.25) is 0 Å². The van der Waals surface area contributed by atoms with Gasteiger partial charge in [0.25, 0.3) is 5.65 Å². The van der Waals surface area contributed by atoms with Crippen molar-refractivity contribution in [3.8, 4) is 11.3 Å². The van der Waals surface area contributed by atoms with Gasteiger partial charge in [0, 0.05) is 5.56 Å². The number of H-pyrrole nitrogens is 1. The van der Waals surface area contributed by atoms with Gasteiger partial charge in [-0.25, -0.2) is 4.98 Å². The second-order valence-corrected chi connectivity index (χ2v) is 5.81. The summed E-state index contributed by atoms with van der Waals surface area (Å²) in [6, 6.07) is 29.8. The third kappa shape index (κ3) is 1.78. The maximum atomic E-state index is 3.59. The molecule has 0 spiro atoms. The largest absolute Gasteiger partial charge is 0.293 e. The normalized spacial score (nSPS) is 11.5. The number of nitrogens with zero attached hydrogens (tertiary/aromatic N) is 1. The minimum absolute atomic E-state index is 1.14. The third-order valence-corrected chi connectivity index (χ3v) is 4.44. The van der Waals surface area contributed by atoms with Crippen LogP contribution in [0.5, 0.6) is 0 Å². The number of aromatic amines is 1. The minimum atomic E-state index is 1.14. The van der Waals surface area contributed by atoms with E-state index in [2.05, 4.69) is 94.3 Å². The number of imidazole rings is 1. The number of hydrogen-bond donors (Lipinski definition) is 1. The average molecular weight is 295 g/mol. The Morgan fingerprint density at radius 1 is 0.696 bits per heavy atom. The first-order valence-corrected chi connectivity index (χ1v) is 7.81. The van der Waals surface area contributed by atoms with E-state index in [-0.39, 0.29) is 0 Å². The van der Waals surface area contributed by atoms with Crippen molar-refractivity contribution in [1.82, 2.24) is 4.98 Å². The Hall–Kier alpha value is -3.13. The summed E-state index contributed by atoms with van der Waals surface area (Å²) in [7, 11) is 0. The van der Waals surface area contributed by atoms with E-state index in [4.69, 9.17) is 0 Å². The lowest BCUT2D eigenvalue weighted by atomic mass is 10.1. The Balaban J connectivity index is 2.06. The summed E-state index contributed by atoms with van der Waals surface area (Å²) in [6.07, 6.45) is 0. The van der Waals surface area contributed by atoms with E-state index < -0.39 is 0 Å². The van der Waals surface area contributed by atoms with E-state index in [9.17, 15) is 0 Å². The molecule has 3 aromatic carbocycles. The van der Waals surface area contributed by atoms with Crippen molar-refractivity contribution in [3.05, 3.63) is 84.9 Å². The zero-order valence-corrected chi connectivity index (χ0v) is 12.5. The van der Waals surface area contributed by atoms with E-state index in [1.54, 1.807) is 0 Å². The van der Waals surface area contributed by atoms with Crippen molar-refractivity contribution in [3.63, 3.8) is 0 Å². The fraction of sp³-hybridized carbons (Fsp3) is 0. The van der Waals surface area contributed by atoms with Crippen LogP contribution in [0.1, 0.15) is 0 Å². The van der Waals surface area contributed by atoms with Gasteiger partial charge in [0.05, 0.1) is 5.39 Å². The Morgan fingerprint density at radius 2 is 1.43 bits per heavy atom. The molecule has 0 aliphatic carbocycles. The SMILES string of the molecule is c1ccc(-c2cc3ccccc3c3[nH]c4ccccc4[n+]23)cc1. The predicted octanol–water partition coefficient (Wildman–Crippen LogP) is 4.73. The number of hydrogen-bond acceptors (Lipinski definition) is 0. The topological polar surface area (TPSA) is 19.9 Å². The Labute approximate surface area is 133 Å². The summed E-state index contributed by atoms with van der Waals surface area (Å²) >= 11 is 0. The zero-order valence-electron chi connectivity index (χ0n) is 12.5. The quantitative estimate of drug-likeness (QED) is 0.432. The molecule has 0 bridgehead atoms. The smallest absolute Gasteiger partial charge is 0.236 e. The molecule has 2 aromatic heterocycles. The fourth-order valence-corrected chi connectivity index (χ4v) is 3.39. The van der Waals surface area contributed by atoms with Crippen LogP contribution in [0.4, 0.5) is 0 Å². The summed E-state index contributed by atoms with van der Waals surface area (Å²) in [4.78, 5) is 3.59. The Kier molecular flexibility index (Phi) is 2.53. The van der Waals surface area contributed by atoms with Gasteiger partial charge in [-0.1, -0.05) is 60.7 Å². The highest BCUT2D eigenvalue weighted by atomic mass is 15.0. The van der Waals surface area contributed by atoms with Crippen molar-refractivity contribution in [2.24, 2.45) is 0 Å². The standard InChI is InChI=1S/C21H14N2/c1-2-8-15(9-3-1)20-14-16-10-4-5-11-17(16)21-22-18-12-6-7-13-19(18)23(20)21/h1-14H/p+1. The van der Waals surface area contributed by atoms with E-state index in [1.165, 1.54) is 27.5 Å². The molecule has 0 radical (unpaired) electrons. The van der Waals surface area contributed by atoms with Crippen LogP contribution in [0.25, 0.3) is 38.7 Å². The van der Waals surface area contributed by atoms with Crippen LogP contribution in [0.15, 0.2) is 84.9 Å². The number of pyridine rings is 1. The molecule has 0 fully saturated rings. The van der Waals surface area contributed by atoms with Gasteiger partial charge in [-0.15, -0.1) is 0 Å². The molecule has 0 unspecified atom stereocenters. The number of aromatic nitrogens is 2. The molecule has 1 N–H and O–H groups in total. The fourth-order valence-electron chi connectivity index (χ4n) is 3.39. The molecule has 0 saturated heterocycles. The molecule has 5 aromatic rings. The molecule has 0 atom stereocenters. The molecule has 2 nitrogen and oxygen atoms in total. The van der Waals surface area contributed by atoms with Crippen LogP contribution < -0.4 is 4.40 Å². The van der Waals surface area contributed by atoms with Crippen LogP contribution in [-0.2, 0) is 0 Å².